The quantitative estimate of drug-likeness (QED) is 0.881. The second-order valence-electron chi connectivity index (χ2n) is 5.91. The van der Waals surface area contributed by atoms with E-state index in [4.69, 9.17) is 16.7 Å². The number of hydrogen-bond donors (Lipinski definition) is 2. The van der Waals surface area contributed by atoms with E-state index in [1.54, 1.807) is 0 Å². The van der Waals surface area contributed by atoms with E-state index >= 15 is 0 Å². The predicted molar refractivity (Wildman–Crippen MR) is 77.0 cm³/mol. The van der Waals surface area contributed by atoms with Crippen LogP contribution in [0.2, 0.25) is 5.02 Å². The first-order valence-corrected chi connectivity index (χ1v) is 8.25. The van der Waals surface area contributed by atoms with Crippen LogP contribution < -0.4 is 10.5 Å². The summed E-state index contributed by atoms with van der Waals surface area (Å²) in [4.78, 5) is 11.3. The smallest absolute Gasteiger partial charge is 0.252 e. The molecule has 1 saturated carbocycles. The summed E-state index contributed by atoms with van der Waals surface area (Å²) in [6.45, 7) is 4.64. The Bertz CT molecular complexity index is 704. The first kappa shape index (κ1) is 16.2. The lowest BCUT2D eigenvalue weighted by atomic mass is 10.1. The van der Waals surface area contributed by atoms with Crippen molar-refractivity contribution in [3.05, 3.63) is 28.5 Å². The van der Waals surface area contributed by atoms with Crippen molar-refractivity contribution >= 4 is 27.5 Å². The summed E-state index contributed by atoms with van der Waals surface area (Å²) in [6.07, 6.45) is 1.01. The number of hydrogen-bond acceptors (Lipinski definition) is 3. The van der Waals surface area contributed by atoms with Crippen LogP contribution in [0.5, 0.6) is 0 Å². The van der Waals surface area contributed by atoms with Gasteiger partial charge < -0.3 is 5.32 Å². The van der Waals surface area contributed by atoms with E-state index in [0.717, 1.165) is 18.6 Å². The van der Waals surface area contributed by atoms with Crippen molar-refractivity contribution in [3.63, 3.8) is 0 Å². The number of nitrogens with two attached hydrogens (primary N) is 1. The van der Waals surface area contributed by atoms with Crippen LogP contribution in [-0.4, -0.2) is 20.9 Å². The van der Waals surface area contributed by atoms with E-state index in [1.807, 2.05) is 0 Å². The molecule has 5 nitrogen and oxygen atoms in total. The molecule has 1 aliphatic rings. The summed E-state index contributed by atoms with van der Waals surface area (Å²) < 4.78 is 36.1. The number of amides is 1. The zero-order valence-corrected chi connectivity index (χ0v) is 13.2. The van der Waals surface area contributed by atoms with Crippen LogP contribution in [0.15, 0.2) is 17.0 Å². The SMILES string of the molecule is CC1(C)CC1CNC(=O)c1cc(S(N)(=O)=O)c(F)cc1Cl. The zero-order valence-electron chi connectivity index (χ0n) is 11.6. The Morgan fingerprint density at radius 1 is 1.52 bits per heavy atom. The molecule has 3 N–H and O–H groups in total. The number of carbonyl (C=O) groups is 1. The maximum atomic E-state index is 13.5. The number of halogens is 2. The van der Waals surface area contributed by atoms with E-state index in [-0.39, 0.29) is 16.0 Å². The molecular weight excluding hydrogens is 319 g/mol. The van der Waals surface area contributed by atoms with Gasteiger partial charge in [0.25, 0.3) is 5.91 Å². The molecule has 0 spiro atoms. The Balaban J connectivity index is 2.21. The average Bonchev–Trinajstić information content (AvgIpc) is 2.92. The number of benzene rings is 1. The molecule has 2 rings (SSSR count). The second kappa shape index (κ2) is 5.23. The van der Waals surface area contributed by atoms with Gasteiger partial charge in [-0.1, -0.05) is 25.4 Å². The third kappa shape index (κ3) is 3.53. The molecule has 1 amide bonds. The highest BCUT2D eigenvalue weighted by Gasteiger charge is 2.45. The third-order valence-corrected chi connectivity index (χ3v) is 5.04. The molecule has 0 bridgehead atoms. The minimum Gasteiger partial charge on any atom is -0.352 e. The highest BCUT2D eigenvalue weighted by molar-refractivity contribution is 7.89. The van der Waals surface area contributed by atoms with Crippen LogP contribution in [0.3, 0.4) is 0 Å². The summed E-state index contributed by atoms with van der Waals surface area (Å²) in [7, 11) is -4.26. The van der Waals surface area contributed by atoms with Gasteiger partial charge in [-0.2, -0.15) is 0 Å². The van der Waals surface area contributed by atoms with Gasteiger partial charge in [0.2, 0.25) is 10.0 Å². The molecule has 1 unspecified atom stereocenters. The van der Waals surface area contributed by atoms with Crippen molar-refractivity contribution in [1.82, 2.24) is 5.32 Å². The lowest BCUT2D eigenvalue weighted by Gasteiger charge is -2.10. The van der Waals surface area contributed by atoms with Crippen LogP contribution in [0.1, 0.15) is 30.6 Å². The maximum Gasteiger partial charge on any atom is 0.252 e. The second-order valence-corrected chi connectivity index (χ2v) is 7.84. The van der Waals surface area contributed by atoms with Crippen LogP contribution >= 0.6 is 11.6 Å². The molecule has 0 heterocycles. The molecule has 0 radical (unpaired) electrons. The first-order valence-electron chi connectivity index (χ1n) is 6.32. The summed E-state index contributed by atoms with van der Waals surface area (Å²) in [5, 5.41) is 7.42. The summed E-state index contributed by atoms with van der Waals surface area (Å²) in [6, 6.07) is 1.64. The molecule has 0 aliphatic heterocycles. The van der Waals surface area contributed by atoms with Gasteiger partial charge in [-0.3, -0.25) is 4.79 Å². The number of rotatable bonds is 4. The Morgan fingerprint density at radius 3 is 2.57 bits per heavy atom. The number of nitrogens with one attached hydrogen (secondary N) is 1. The van der Waals surface area contributed by atoms with E-state index in [1.165, 1.54) is 0 Å². The van der Waals surface area contributed by atoms with Crippen molar-refractivity contribution in [2.24, 2.45) is 16.5 Å². The Morgan fingerprint density at radius 2 is 2.10 bits per heavy atom. The standard InChI is InChI=1S/C13H16ClFN2O3S/c1-13(2)5-7(13)6-17-12(18)8-3-11(21(16,19)20)10(15)4-9(8)14/h3-4,7H,5-6H2,1-2H3,(H,17,18)(H2,16,19,20). The van der Waals surface area contributed by atoms with Gasteiger partial charge >= 0.3 is 0 Å². The van der Waals surface area contributed by atoms with Gasteiger partial charge in [0.15, 0.2) is 0 Å². The molecule has 1 atom stereocenters. The molecule has 1 fully saturated rings. The molecule has 0 aromatic heterocycles. The lowest BCUT2D eigenvalue weighted by Crippen LogP contribution is -2.27. The Kier molecular flexibility index (Phi) is 4.03. The maximum absolute atomic E-state index is 13.5. The first-order chi connectivity index (χ1) is 9.52. The molecule has 21 heavy (non-hydrogen) atoms. The van der Waals surface area contributed by atoms with Gasteiger partial charge in [-0.05, 0) is 29.9 Å². The fourth-order valence-corrected chi connectivity index (χ4v) is 3.01. The van der Waals surface area contributed by atoms with E-state index in [2.05, 4.69) is 19.2 Å². The highest BCUT2D eigenvalue weighted by atomic mass is 35.5. The topological polar surface area (TPSA) is 89.3 Å². The minimum absolute atomic E-state index is 0.111. The molecule has 1 aromatic carbocycles. The highest BCUT2D eigenvalue weighted by Crippen LogP contribution is 2.51. The van der Waals surface area contributed by atoms with Crippen molar-refractivity contribution in [2.75, 3.05) is 6.54 Å². The molecule has 116 valence electrons. The Hall–Kier alpha value is -1.18. The van der Waals surface area contributed by atoms with Gasteiger partial charge in [0, 0.05) is 6.54 Å². The monoisotopic (exact) mass is 334 g/mol. The molecule has 8 heteroatoms. The molecule has 1 aromatic rings. The number of carbonyl (C=O) groups excluding carboxylic acids is 1. The molecular formula is C13H16ClFN2O3S. The summed E-state index contributed by atoms with van der Waals surface area (Å²) >= 11 is 5.80. The number of primary sulfonamides is 1. The van der Waals surface area contributed by atoms with Gasteiger partial charge in [-0.15, -0.1) is 0 Å². The summed E-state index contributed by atoms with van der Waals surface area (Å²) in [5.41, 5.74) is 0.0894. The fourth-order valence-electron chi connectivity index (χ4n) is 2.16. The van der Waals surface area contributed by atoms with E-state index in [0.29, 0.717) is 12.5 Å². The zero-order chi connectivity index (χ0) is 16.0. The average molecular weight is 335 g/mol. The molecule has 1 aliphatic carbocycles. The molecule has 0 saturated heterocycles. The largest absolute Gasteiger partial charge is 0.352 e. The number of sulfonamides is 1. The fraction of sp³-hybridized carbons (Fsp3) is 0.462. The van der Waals surface area contributed by atoms with Crippen molar-refractivity contribution in [3.8, 4) is 0 Å². The lowest BCUT2D eigenvalue weighted by molar-refractivity contribution is 0.0950. The van der Waals surface area contributed by atoms with Crippen LogP contribution in [0.25, 0.3) is 0 Å². The van der Waals surface area contributed by atoms with Gasteiger partial charge in [0.05, 0.1) is 10.6 Å². The van der Waals surface area contributed by atoms with Crippen LogP contribution in [0, 0.1) is 17.2 Å². The van der Waals surface area contributed by atoms with Crippen molar-refractivity contribution in [2.45, 2.75) is 25.2 Å². The van der Waals surface area contributed by atoms with Gasteiger partial charge in [-0.25, -0.2) is 17.9 Å². The van der Waals surface area contributed by atoms with Gasteiger partial charge in [0.1, 0.15) is 10.7 Å². The van der Waals surface area contributed by atoms with Crippen molar-refractivity contribution in [1.29, 1.82) is 0 Å². The predicted octanol–water partition coefficient (Wildman–Crippen LogP) is 1.90. The van der Waals surface area contributed by atoms with Crippen molar-refractivity contribution < 1.29 is 17.6 Å². The van der Waals surface area contributed by atoms with Crippen LogP contribution in [0.4, 0.5) is 4.39 Å². The van der Waals surface area contributed by atoms with E-state index in [9.17, 15) is 17.6 Å². The summed E-state index contributed by atoms with van der Waals surface area (Å²) in [5.74, 6) is -1.26. The minimum atomic E-state index is -4.26. The Labute approximate surface area is 127 Å². The third-order valence-electron chi connectivity index (χ3n) is 3.80. The van der Waals surface area contributed by atoms with E-state index < -0.39 is 26.6 Å². The normalized spacial score (nSPS) is 20.1. The van der Waals surface area contributed by atoms with Crippen LogP contribution in [-0.2, 0) is 10.0 Å².